The highest BCUT2D eigenvalue weighted by atomic mass is 32.2. The molecule has 0 aliphatic carbocycles. The van der Waals surface area contributed by atoms with Crippen molar-refractivity contribution in [1.29, 1.82) is 0 Å². The molecule has 0 atom stereocenters. The van der Waals surface area contributed by atoms with E-state index in [1.165, 1.54) is 6.26 Å². The molecule has 0 fully saturated rings. The normalized spacial score (nSPS) is 11.8. The first-order chi connectivity index (χ1) is 9.94. The summed E-state index contributed by atoms with van der Waals surface area (Å²) in [6.45, 7) is 0.0740. The highest BCUT2D eigenvalue weighted by molar-refractivity contribution is 7.89. The largest absolute Gasteiger partial charge is 0.468 e. The second-order valence-electron chi connectivity index (χ2n) is 4.32. The summed E-state index contributed by atoms with van der Waals surface area (Å²) in [6, 6.07) is 5.21. The Morgan fingerprint density at radius 2 is 2.00 bits per heavy atom. The number of benzene rings is 1. The molecular weight excluding hydrogens is 302 g/mol. The van der Waals surface area contributed by atoms with Crippen LogP contribution in [0.3, 0.4) is 0 Å². The van der Waals surface area contributed by atoms with E-state index in [0.29, 0.717) is 11.3 Å². The van der Waals surface area contributed by atoms with Crippen LogP contribution in [-0.2, 0) is 23.1 Å². The van der Waals surface area contributed by atoms with Gasteiger partial charge in [0.2, 0.25) is 10.0 Å². The molecule has 0 aliphatic heterocycles. The molecule has 21 heavy (non-hydrogen) atoms. The van der Waals surface area contributed by atoms with Gasteiger partial charge >= 0.3 is 0 Å². The molecule has 2 aromatic rings. The summed E-state index contributed by atoms with van der Waals surface area (Å²) >= 11 is 0. The zero-order chi connectivity index (χ0) is 15.5. The zero-order valence-electron chi connectivity index (χ0n) is 11.2. The number of rotatable bonds is 6. The van der Waals surface area contributed by atoms with E-state index in [4.69, 9.17) is 4.42 Å². The van der Waals surface area contributed by atoms with E-state index >= 15 is 0 Å². The monoisotopic (exact) mass is 316 g/mol. The van der Waals surface area contributed by atoms with E-state index in [1.54, 1.807) is 19.2 Å². The molecule has 1 aromatic carbocycles. The lowest BCUT2D eigenvalue weighted by Gasteiger charge is -2.09. The maximum absolute atomic E-state index is 13.7. The molecule has 114 valence electrons. The van der Waals surface area contributed by atoms with E-state index < -0.39 is 26.6 Å². The van der Waals surface area contributed by atoms with Crippen LogP contribution in [0, 0.1) is 11.6 Å². The van der Waals surface area contributed by atoms with Gasteiger partial charge in [0.25, 0.3) is 0 Å². The van der Waals surface area contributed by atoms with Gasteiger partial charge in [-0.2, -0.15) is 0 Å². The summed E-state index contributed by atoms with van der Waals surface area (Å²) < 4.78 is 58.5. The third-order valence-electron chi connectivity index (χ3n) is 2.74. The number of hydrogen-bond donors (Lipinski definition) is 2. The molecule has 5 nitrogen and oxygen atoms in total. The summed E-state index contributed by atoms with van der Waals surface area (Å²) in [5.41, 5.74) is 0.328. The number of sulfonamides is 1. The minimum Gasteiger partial charge on any atom is -0.468 e. The lowest BCUT2D eigenvalue weighted by atomic mass is 10.2. The molecule has 0 bridgehead atoms. The summed E-state index contributed by atoms with van der Waals surface area (Å²) in [5.74, 6) is -2.24. The van der Waals surface area contributed by atoms with Crippen molar-refractivity contribution in [2.45, 2.75) is 18.0 Å². The molecule has 0 radical (unpaired) electrons. The predicted octanol–water partition coefficient (Wildman–Crippen LogP) is 1.76. The topological polar surface area (TPSA) is 71.3 Å². The summed E-state index contributed by atoms with van der Waals surface area (Å²) in [7, 11) is -2.57. The van der Waals surface area contributed by atoms with Crippen LogP contribution >= 0.6 is 0 Å². The molecule has 0 aliphatic rings. The van der Waals surface area contributed by atoms with Crippen LogP contribution in [0.1, 0.15) is 11.3 Å². The Morgan fingerprint density at radius 3 is 2.62 bits per heavy atom. The van der Waals surface area contributed by atoms with Gasteiger partial charge in [-0.15, -0.1) is 0 Å². The van der Waals surface area contributed by atoms with Crippen LogP contribution in [0.25, 0.3) is 0 Å². The van der Waals surface area contributed by atoms with E-state index in [1.807, 2.05) is 0 Å². The molecule has 0 unspecified atom stereocenters. The van der Waals surface area contributed by atoms with Crippen LogP contribution in [0.4, 0.5) is 8.78 Å². The predicted molar refractivity (Wildman–Crippen MR) is 71.9 cm³/mol. The molecule has 0 saturated heterocycles. The van der Waals surface area contributed by atoms with Gasteiger partial charge in [0.1, 0.15) is 10.7 Å². The molecule has 0 amide bonds. The van der Waals surface area contributed by atoms with Crippen LogP contribution < -0.4 is 10.0 Å². The average Bonchev–Trinajstić information content (AvgIpc) is 2.94. The fourth-order valence-electron chi connectivity index (χ4n) is 1.78. The van der Waals surface area contributed by atoms with Crippen molar-refractivity contribution in [2.75, 3.05) is 7.05 Å². The van der Waals surface area contributed by atoms with Crippen molar-refractivity contribution in [3.8, 4) is 0 Å². The Hall–Kier alpha value is -1.77. The Balaban J connectivity index is 2.30. The van der Waals surface area contributed by atoms with Gasteiger partial charge in [-0.25, -0.2) is 21.9 Å². The molecule has 0 spiro atoms. The third kappa shape index (κ3) is 3.66. The quantitative estimate of drug-likeness (QED) is 0.852. The second kappa shape index (κ2) is 6.33. The van der Waals surface area contributed by atoms with E-state index in [0.717, 1.165) is 12.1 Å². The van der Waals surface area contributed by atoms with Crippen LogP contribution in [0.2, 0.25) is 0 Å². The smallest absolute Gasteiger partial charge is 0.244 e. The fourth-order valence-corrected chi connectivity index (χ4v) is 2.90. The van der Waals surface area contributed by atoms with E-state index in [-0.39, 0.29) is 13.1 Å². The Kier molecular flexibility index (Phi) is 4.71. The van der Waals surface area contributed by atoms with E-state index in [9.17, 15) is 17.2 Å². The maximum Gasteiger partial charge on any atom is 0.244 e. The minimum absolute atomic E-state index is 0.146. The minimum atomic E-state index is -4.18. The van der Waals surface area contributed by atoms with Gasteiger partial charge in [0.05, 0.1) is 12.8 Å². The number of halogens is 2. The highest BCUT2D eigenvalue weighted by Crippen LogP contribution is 2.20. The highest BCUT2D eigenvalue weighted by Gasteiger charge is 2.23. The van der Waals surface area contributed by atoms with Crippen molar-refractivity contribution in [2.24, 2.45) is 0 Å². The second-order valence-corrected chi connectivity index (χ2v) is 6.06. The van der Waals surface area contributed by atoms with Crippen LogP contribution in [0.5, 0.6) is 0 Å². The van der Waals surface area contributed by atoms with E-state index in [2.05, 4.69) is 10.0 Å². The number of furan rings is 1. The van der Waals surface area contributed by atoms with Gasteiger partial charge in [-0.3, -0.25) is 0 Å². The first-order valence-electron chi connectivity index (χ1n) is 6.08. The maximum atomic E-state index is 13.7. The van der Waals surface area contributed by atoms with Gasteiger partial charge in [0.15, 0.2) is 11.6 Å². The summed E-state index contributed by atoms with van der Waals surface area (Å²) in [5, 5.41) is 2.74. The molecule has 0 saturated carbocycles. The zero-order valence-corrected chi connectivity index (χ0v) is 12.0. The van der Waals surface area contributed by atoms with Gasteiger partial charge in [0, 0.05) is 6.54 Å². The molecule has 1 heterocycles. The van der Waals surface area contributed by atoms with Crippen molar-refractivity contribution < 1.29 is 21.6 Å². The van der Waals surface area contributed by atoms with Crippen LogP contribution in [-0.4, -0.2) is 15.5 Å². The molecule has 8 heteroatoms. The first-order valence-corrected chi connectivity index (χ1v) is 7.57. The van der Waals surface area contributed by atoms with Crippen molar-refractivity contribution in [1.82, 2.24) is 10.0 Å². The van der Waals surface area contributed by atoms with Crippen molar-refractivity contribution in [3.63, 3.8) is 0 Å². The Labute approximate surface area is 121 Å². The Morgan fingerprint density at radius 1 is 1.24 bits per heavy atom. The third-order valence-corrected chi connectivity index (χ3v) is 4.14. The molecule has 1 aromatic heterocycles. The van der Waals surface area contributed by atoms with Gasteiger partial charge < -0.3 is 9.73 Å². The molecular formula is C13H14F2N2O3S. The van der Waals surface area contributed by atoms with Crippen LogP contribution in [0.15, 0.2) is 39.8 Å². The molecule has 2 N–H and O–H groups in total. The lowest BCUT2D eigenvalue weighted by molar-refractivity contribution is 0.476. The number of nitrogens with one attached hydrogen (secondary N) is 2. The molecule has 2 rings (SSSR count). The van der Waals surface area contributed by atoms with Gasteiger partial charge in [-0.05, 0) is 36.9 Å². The Bertz CT molecular complexity index is 715. The first kappa shape index (κ1) is 15.6. The standard InChI is InChI=1S/C13H14F2N2O3S/c1-16-7-9-5-11(14)13(15)12(6-9)21(18,19)17-8-10-3-2-4-20-10/h2-6,16-17H,7-8H2,1H3. The van der Waals surface area contributed by atoms with Gasteiger partial charge in [-0.1, -0.05) is 0 Å². The van der Waals surface area contributed by atoms with Crippen molar-refractivity contribution >= 4 is 10.0 Å². The summed E-state index contributed by atoms with van der Waals surface area (Å²) in [4.78, 5) is -0.723. The average molecular weight is 316 g/mol. The summed E-state index contributed by atoms with van der Waals surface area (Å²) in [6.07, 6.45) is 1.39. The number of hydrogen-bond acceptors (Lipinski definition) is 4. The van der Waals surface area contributed by atoms with Crippen molar-refractivity contribution in [3.05, 3.63) is 53.5 Å². The fraction of sp³-hybridized carbons (Fsp3) is 0.231. The SMILES string of the molecule is CNCc1cc(F)c(F)c(S(=O)(=O)NCc2ccco2)c1. The lowest BCUT2D eigenvalue weighted by Crippen LogP contribution is -2.24.